The second-order valence-electron chi connectivity index (χ2n) is 7.76. The molecule has 2 aliphatic heterocycles. The van der Waals surface area contributed by atoms with Gasteiger partial charge in [-0.05, 0) is 36.3 Å². The van der Waals surface area contributed by atoms with Crippen molar-refractivity contribution >= 4 is 0 Å². The van der Waals surface area contributed by atoms with E-state index >= 15 is 0 Å². The van der Waals surface area contributed by atoms with Crippen molar-refractivity contribution in [2.75, 3.05) is 26.3 Å². The maximum atomic E-state index is 13.7. The summed E-state index contributed by atoms with van der Waals surface area (Å²) < 4.78 is 25.3. The quantitative estimate of drug-likeness (QED) is 0.846. The highest BCUT2D eigenvalue weighted by atomic mass is 19.1. The molecule has 4 heteroatoms. The molecule has 1 atom stereocenters. The Morgan fingerprint density at radius 2 is 1.91 bits per heavy atom. The number of ether oxygens (including phenoxy) is 2. The van der Waals surface area contributed by atoms with Gasteiger partial charge in [-0.3, -0.25) is 4.90 Å². The first-order valence-corrected chi connectivity index (χ1v) is 8.72. The molecule has 2 fully saturated rings. The molecule has 128 valence electrons. The van der Waals surface area contributed by atoms with Crippen LogP contribution >= 0.6 is 0 Å². The lowest BCUT2D eigenvalue weighted by molar-refractivity contribution is 0.0387. The molecule has 3 nitrogen and oxygen atoms in total. The third kappa shape index (κ3) is 4.04. The normalized spacial score (nSPS) is 24.1. The predicted octanol–water partition coefficient (Wildman–Crippen LogP) is 3.76. The maximum Gasteiger partial charge on any atom is 0.126 e. The Kier molecular flexibility index (Phi) is 4.93. The standard InChI is InChI=1S/C19H28FNO2/c1-19(2,3)17-5-4-14(20)12-18(17)23-16-6-9-21(13-16)15-7-10-22-11-8-15/h4-5,12,15-16H,6-11,13H2,1-3H3/t16-/m0/s1. The Balaban J connectivity index is 1.67. The zero-order chi connectivity index (χ0) is 16.4. The summed E-state index contributed by atoms with van der Waals surface area (Å²) in [6.07, 6.45) is 3.39. The van der Waals surface area contributed by atoms with Gasteiger partial charge in [-0.1, -0.05) is 26.8 Å². The maximum absolute atomic E-state index is 13.7. The summed E-state index contributed by atoms with van der Waals surface area (Å²) in [5.41, 5.74) is 1.02. The minimum Gasteiger partial charge on any atom is -0.489 e. The van der Waals surface area contributed by atoms with E-state index < -0.39 is 0 Å². The molecule has 3 rings (SSSR count). The molecule has 0 bridgehead atoms. The number of nitrogens with zero attached hydrogens (tertiary/aromatic N) is 1. The molecular weight excluding hydrogens is 293 g/mol. The molecule has 23 heavy (non-hydrogen) atoms. The SMILES string of the molecule is CC(C)(C)c1ccc(F)cc1O[C@H]1CCN(C2CCOCC2)C1. The van der Waals surface area contributed by atoms with Crippen molar-refractivity contribution < 1.29 is 13.9 Å². The number of benzene rings is 1. The minimum absolute atomic E-state index is 0.0535. The molecule has 0 aromatic heterocycles. The third-order valence-corrected chi connectivity index (χ3v) is 4.93. The van der Waals surface area contributed by atoms with Gasteiger partial charge in [-0.15, -0.1) is 0 Å². The minimum atomic E-state index is -0.229. The number of likely N-dealkylation sites (tertiary alicyclic amines) is 1. The van der Waals surface area contributed by atoms with E-state index in [1.54, 1.807) is 0 Å². The predicted molar refractivity (Wildman–Crippen MR) is 89.5 cm³/mol. The molecule has 0 saturated carbocycles. The molecule has 1 aromatic rings. The smallest absolute Gasteiger partial charge is 0.126 e. The first kappa shape index (κ1) is 16.7. The van der Waals surface area contributed by atoms with E-state index in [-0.39, 0.29) is 17.3 Å². The van der Waals surface area contributed by atoms with Crippen LogP contribution in [0.2, 0.25) is 0 Å². The molecule has 2 aliphatic rings. The lowest BCUT2D eigenvalue weighted by Gasteiger charge is -2.31. The first-order valence-electron chi connectivity index (χ1n) is 8.72. The van der Waals surface area contributed by atoms with E-state index in [0.717, 1.165) is 51.1 Å². The van der Waals surface area contributed by atoms with Gasteiger partial charge in [0.15, 0.2) is 0 Å². The van der Waals surface area contributed by atoms with Crippen LogP contribution in [0.3, 0.4) is 0 Å². The average Bonchev–Trinajstić information content (AvgIpc) is 2.95. The van der Waals surface area contributed by atoms with Gasteiger partial charge in [0.05, 0.1) is 0 Å². The average molecular weight is 321 g/mol. The molecule has 0 amide bonds. The van der Waals surface area contributed by atoms with Crippen molar-refractivity contribution in [3.63, 3.8) is 0 Å². The number of rotatable bonds is 3. The highest BCUT2D eigenvalue weighted by Gasteiger charge is 2.31. The van der Waals surface area contributed by atoms with Crippen molar-refractivity contribution in [3.05, 3.63) is 29.6 Å². The van der Waals surface area contributed by atoms with Gasteiger partial charge in [0.2, 0.25) is 0 Å². The van der Waals surface area contributed by atoms with Gasteiger partial charge >= 0.3 is 0 Å². The summed E-state index contributed by atoms with van der Waals surface area (Å²) >= 11 is 0. The van der Waals surface area contributed by atoms with Crippen molar-refractivity contribution in [1.82, 2.24) is 4.90 Å². The van der Waals surface area contributed by atoms with Crippen LogP contribution in [0, 0.1) is 5.82 Å². The number of hydrogen-bond acceptors (Lipinski definition) is 3. The van der Waals surface area contributed by atoms with Crippen LogP contribution in [0.15, 0.2) is 18.2 Å². The summed E-state index contributed by atoms with van der Waals surface area (Å²) in [6, 6.07) is 5.54. The van der Waals surface area contributed by atoms with Crippen LogP contribution in [-0.4, -0.2) is 43.3 Å². The van der Waals surface area contributed by atoms with Gasteiger partial charge in [0, 0.05) is 38.4 Å². The van der Waals surface area contributed by atoms with Crippen LogP contribution in [0.1, 0.15) is 45.6 Å². The van der Waals surface area contributed by atoms with Gasteiger partial charge < -0.3 is 9.47 Å². The highest BCUT2D eigenvalue weighted by Crippen LogP contribution is 2.33. The van der Waals surface area contributed by atoms with E-state index in [1.165, 1.54) is 12.1 Å². The fraction of sp³-hybridized carbons (Fsp3) is 0.684. The zero-order valence-electron chi connectivity index (χ0n) is 14.5. The summed E-state index contributed by atoms with van der Waals surface area (Å²) in [5, 5.41) is 0. The Morgan fingerprint density at radius 3 is 2.61 bits per heavy atom. The monoisotopic (exact) mass is 321 g/mol. The summed E-state index contributed by atoms with van der Waals surface area (Å²) in [4.78, 5) is 2.52. The fourth-order valence-corrected chi connectivity index (χ4v) is 3.62. The Labute approximate surface area is 138 Å². The molecule has 1 aromatic carbocycles. The Hall–Kier alpha value is -1.13. The molecule has 0 aliphatic carbocycles. The van der Waals surface area contributed by atoms with Gasteiger partial charge in [-0.2, -0.15) is 0 Å². The first-order chi connectivity index (χ1) is 10.9. The molecule has 2 heterocycles. The van der Waals surface area contributed by atoms with E-state index in [9.17, 15) is 4.39 Å². The van der Waals surface area contributed by atoms with Crippen molar-refractivity contribution in [3.8, 4) is 5.75 Å². The summed E-state index contributed by atoms with van der Waals surface area (Å²) in [7, 11) is 0. The molecule has 0 radical (unpaired) electrons. The largest absolute Gasteiger partial charge is 0.489 e. The molecule has 0 unspecified atom stereocenters. The van der Waals surface area contributed by atoms with E-state index in [4.69, 9.17) is 9.47 Å². The fourth-order valence-electron chi connectivity index (χ4n) is 3.62. The van der Waals surface area contributed by atoms with Gasteiger partial charge in [-0.25, -0.2) is 4.39 Å². The molecular formula is C19H28FNO2. The topological polar surface area (TPSA) is 21.7 Å². The lowest BCUT2D eigenvalue weighted by atomic mass is 9.86. The molecule has 2 saturated heterocycles. The summed E-state index contributed by atoms with van der Waals surface area (Å²) in [6.45, 7) is 10.1. The van der Waals surface area contributed by atoms with Crippen molar-refractivity contribution in [2.24, 2.45) is 0 Å². The lowest BCUT2D eigenvalue weighted by Crippen LogP contribution is -2.38. The highest BCUT2D eigenvalue weighted by molar-refractivity contribution is 5.39. The van der Waals surface area contributed by atoms with Crippen molar-refractivity contribution in [1.29, 1.82) is 0 Å². The van der Waals surface area contributed by atoms with Crippen LogP contribution in [0.4, 0.5) is 4.39 Å². The second kappa shape index (κ2) is 6.78. The Bertz CT molecular complexity index is 535. The van der Waals surface area contributed by atoms with Crippen molar-refractivity contribution in [2.45, 2.75) is 57.6 Å². The Morgan fingerprint density at radius 1 is 1.17 bits per heavy atom. The number of hydrogen-bond donors (Lipinski definition) is 0. The van der Waals surface area contributed by atoms with Crippen LogP contribution < -0.4 is 4.74 Å². The second-order valence-corrected chi connectivity index (χ2v) is 7.76. The van der Waals surface area contributed by atoms with Gasteiger partial charge in [0.1, 0.15) is 17.7 Å². The number of halogens is 1. The van der Waals surface area contributed by atoms with E-state index in [2.05, 4.69) is 25.7 Å². The zero-order valence-corrected chi connectivity index (χ0v) is 14.5. The van der Waals surface area contributed by atoms with Gasteiger partial charge in [0.25, 0.3) is 0 Å². The molecule has 0 N–H and O–H groups in total. The van der Waals surface area contributed by atoms with Crippen LogP contribution in [0.25, 0.3) is 0 Å². The van der Waals surface area contributed by atoms with Crippen LogP contribution in [-0.2, 0) is 10.2 Å². The van der Waals surface area contributed by atoms with Crippen LogP contribution in [0.5, 0.6) is 5.75 Å². The molecule has 0 spiro atoms. The summed E-state index contributed by atoms with van der Waals surface area (Å²) in [5.74, 6) is 0.476. The van der Waals surface area contributed by atoms with E-state index in [1.807, 2.05) is 6.07 Å². The van der Waals surface area contributed by atoms with E-state index in [0.29, 0.717) is 11.8 Å². The third-order valence-electron chi connectivity index (χ3n) is 4.93.